The number of hydrogen-bond donors (Lipinski definition) is 0. The first-order chi connectivity index (χ1) is 8.27. The molecular weight excluding hydrogens is 271 g/mol. The molecule has 0 saturated carbocycles. The lowest BCUT2D eigenvalue weighted by Crippen LogP contribution is -2.11. The Morgan fingerprint density at radius 3 is 2.56 bits per heavy atom. The third-order valence-electron chi connectivity index (χ3n) is 2.04. The van der Waals surface area contributed by atoms with Gasteiger partial charge < -0.3 is 0 Å². The van der Waals surface area contributed by atoms with E-state index in [1.54, 1.807) is 0 Å². The van der Waals surface area contributed by atoms with Gasteiger partial charge in [-0.15, -0.1) is 0 Å². The molecule has 9 heteroatoms. The largest absolute Gasteiger partial charge is 0.416 e. The summed E-state index contributed by atoms with van der Waals surface area (Å²) in [7, 11) is -3.88. The number of halogens is 3. The minimum Gasteiger partial charge on any atom is -0.224 e. The predicted molar refractivity (Wildman–Crippen MR) is 57.5 cm³/mol. The first kappa shape index (κ1) is 14.3. The fourth-order valence-electron chi connectivity index (χ4n) is 1.19. The Labute approximate surface area is 101 Å². The van der Waals surface area contributed by atoms with E-state index in [1.165, 1.54) is 0 Å². The van der Waals surface area contributed by atoms with Crippen LogP contribution in [0.2, 0.25) is 0 Å². The van der Waals surface area contributed by atoms with Crippen molar-refractivity contribution in [3.63, 3.8) is 0 Å². The summed E-state index contributed by atoms with van der Waals surface area (Å²) in [6.07, 6.45) is -4.60. The maximum Gasteiger partial charge on any atom is 0.416 e. The minimum atomic E-state index is -4.60. The molecule has 0 N–H and O–H groups in total. The molecule has 1 aromatic carbocycles. The molecule has 1 rings (SSSR count). The highest BCUT2D eigenvalue weighted by Crippen LogP contribution is 2.30. The topological polar surface area (TPSA) is 82.9 Å². The van der Waals surface area contributed by atoms with Crippen molar-refractivity contribution in [3.8, 4) is 0 Å². The minimum absolute atomic E-state index is 0.324. The van der Waals surface area contributed by atoms with Gasteiger partial charge in [-0.1, -0.05) is 11.2 Å². The molecule has 0 unspecified atom stereocenters. The smallest absolute Gasteiger partial charge is 0.224 e. The highest BCUT2D eigenvalue weighted by Gasteiger charge is 2.31. The number of sulfone groups is 1. The Morgan fingerprint density at radius 1 is 1.33 bits per heavy atom. The summed E-state index contributed by atoms with van der Waals surface area (Å²) in [5.74, 6) is -0.529. The molecular formula is C9H8F3N3O2S. The normalized spacial score (nSPS) is 11.9. The van der Waals surface area contributed by atoms with Crippen molar-refractivity contribution in [2.24, 2.45) is 5.11 Å². The van der Waals surface area contributed by atoms with Crippen LogP contribution in [0.15, 0.2) is 34.3 Å². The van der Waals surface area contributed by atoms with Gasteiger partial charge in [0.25, 0.3) is 0 Å². The molecule has 0 spiro atoms. The first-order valence-corrected chi connectivity index (χ1v) is 6.33. The summed E-state index contributed by atoms with van der Waals surface area (Å²) in [5.41, 5.74) is 6.96. The Hall–Kier alpha value is -1.73. The summed E-state index contributed by atoms with van der Waals surface area (Å²) in [4.78, 5) is 1.93. The van der Waals surface area contributed by atoms with Crippen molar-refractivity contribution in [1.29, 1.82) is 0 Å². The van der Waals surface area contributed by atoms with Crippen LogP contribution in [0, 0.1) is 0 Å². The fraction of sp³-hybridized carbons (Fsp3) is 0.333. The van der Waals surface area contributed by atoms with Crippen molar-refractivity contribution >= 4 is 9.84 Å². The number of rotatable bonds is 4. The van der Waals surface area contributed by atoms with E-state index in [1.807, 2.05) is 0 Å². The molecule has 0 aliphatic carbocycles. The van der Waals surface area contributed by atoms with Crippen molar-refractivity contribution in [2.45, 2.75) is 11.1 Å². The molecule has 0 bridgehead atoms. The second-order valence-electron chi connectivity index (χ2n) is 3.30. The van der Waals surface area contributed by atoms with E-state index in [9.17, 15) is 21.6 Å². The van der Waals surface area contributed by atoms with Gasteiger partial charge in [-0.3, -0.25) is 0 Å². The number of benzene rings is 1. The Morgan fingerprint density at radius 2 is 2.00 bits per heavy atom. The second kappa shape index (κ2) is 5.28. The van der Waals surface area contributed by atoms with Crippen LogP contribution in [0.25, 0.3) is 10.4 Å². The quantitative estimate of drug-likeness (QED) is 0.482. The van der Waals surface area contributed by atoms with E-state index in [-0.39, 0.29) is 6.54 Å². The van der Waals surface area contributed by atoms with Crippen molar-refractivity contribution < 1.29 is 21.6 Å². The molecule has 98 valence electrons. The SMILES string of the molecule is [N-]=[N+]=NCCS(=O)(=O)c1cccc(C(F)(F)F)c1. The van der Waals surface area contributed by atoms with Gasteiger partial charge in [0.2, 0.25) is 0 Å². The monoisotopic (exact) mass is 279 g/mol. The maximum atomic E-state index is 12.4. The van der Waals surface area contributed by atoms with E-state index in [0.29, 0.717) is 6.07 Å². The fourth-order valence-corrected chi connectivity index (χ4v) is 2.34. The average molecular weight is 279 g/mol. The van der Waals surface area contributed by atoms with Gasteiger partial charge in [-0.05, 0) is 23.7 Å². The third-order valence-corrected chi connectivity index (χ3v) is 3.74. The van der Waals surface area contributed by atoms with Gasteiger partial charge in [0.15, 0.2) is 9.84 Å². The lowest BCUT2D eigenvalue weighted by Gasteiger charge is -2.08. The highest BCUT2D eigenvalue weighted by molar-refractivity contribution is 7.91. The van der Waals surface area contributed by atoms with E-state index in [4.69, 9.17) is 5.53 Å². The second-order valence-corrected chi connectivity index (χ2v) is 5.41. The van der Waals surface area contributed by atoms with Gasteiger partial charge in [0.1, 0.15) is 0 Å². The molecule has 0 aliphatic rings. The van der Waals surface area contributed by atoms with Crippen LogP contribution < -0.4 is 0 Å². The van der Waals surface area contributed by atoms with E-state index in [2.05, 4.69) is 10.0 Å². The summed E-state index contributed by atoms with van der Waals surface area (Å²) >= 11 is 0. The summed E-state index contributed by atoms with van der Waals surface area (Å²) in [5, 5.41) is 3.03. The van der Waals surface area contributed by atoms with Crippen LogP contribution in [0.1, 0.15) is 5.56 Å². The van der Waals surface area contributed by atoms with Gasteiger partial charge >= 0.3 is 6.18 Å². The van der Waals surface area contributed by atoms with Gasteiger partial charge in [0.05, 0.1) is 16.2 Å². The van der Waals surface area contributed by atoms with Crippen molar-refractivity contribution in [1.82, 2.24) is 0 Å². The number of azide groups is 1. The zero-order valence-electron chi connectivity index (χ0n) is 8.92. The number of alkyl halides is 3. The van der Waals surface area contributed by atoms with Crippen LogP contribution in [0.3, 0.4) is 0 Å². The maximum absolute atomic E-state index is 12.4. The van der Waals surface area contributed by atoms with Crippen LogP contribution in [-0.4, -0.2) is 20.7 Å². The molecule has 0 radical (unpaired) electrons. The van der Waals surface area contributed by atoms with Crippen LogP contribution in [0.5, 0.6) is 0 Å². The standard InChI is InChI=1S/C9H8F3N3O2S/c10-9(11,12)7-2-1-3-8(6-7)18(16,17)5-4-14-15-13/h1-3,6H,4-5H2. The lowest BCUT2D eigenvalue weighted by molar-refractivity contribution is -0.137. The van der Waals surface area contributed by atoms with Crippen molar-refractivity contribution in [2.75, 3.05) is 12.3 Å². The van der Waals surface area contributed by atoms with Crippen LogP contribution >= 0.6 is 0 Å². The zero-order chi connectivity index (χ0) is 13.8. The van der Waals surface area contributed by atoms with Crippen LogP contribution in [0.4, 0.5) is 13.2 Å². The molecule has 0 amide bonds. The molecule has 0 aliphatic heterocycles. The molecule has 0 fully saturated rings. The van der Waals surface area contributed by atoms with E-state index in [0.717, 1.165) is 18.2 Å². The van der Waals surface area contributed by atoms with E-state index >= 15 is 0 Å². The summed E-state index contributed by atoms with van der Waals surface area (Å²) in [6, 6.07) is 3.43. The Kier molecular flexibility index (Phi) is 4.20. The highest BCUT2D eigenvalue weighted by atomic mass is 32.2. The first-order valence-electron chi connectivity index (χ1n) is 4.68. The molecule has 0 aromatic heterocycles. The third kappa shape index (κ3) is 3.64. The van der Waals surface area contributed by atoms with Crippen molar-refractivity contribution in [3.05, 3.63) is 40.3 Å². The van der Waals surface area contributed by atoms with Crippen LogP contribution in [-0.2, 0) is 16.0 Å². The molecule has 0 heterocycles. The van der Waals surface area contributed by atoms with Gasteiger partial charge in [-0.25, -0.2) is 8.42 Å². The number of nitrogens with zero attached hydrogens (tertiary/aromatic N) is 3. The van der Waals surface area contributed by atoms with Gasteiger partial charge in [-0.2, -0.15) is 13.2 Å². The summed E-state index contributed by atoms with van der Waals surface area (Å²) < 4.78 is 60.5. The van der Waals surface area contributed by atoms with E-state index < -0.39 is 32.2 Å². The lowest BCUT2D eigenvalue weighted by atomic mass is 10.2. The summed E-state index contributed by atoms with van der Waals surface area (Å²) in [6.45, 7) is -0.324. The Balaban J connectivity index is 3.06. The Bertz CT molecular complexity index is 577. The molecule has 0 saturated heterocycles. The molecule has 18 heavy (non-hydrogen) atoms. The zero-order valence-corrected chi connectivity index (χ0v) is 9.74. The van der Waals surface area contributed by atoms with Gasteiger partial charge in [0, 0.05) is 11.5 Å². The molecule has 5 nitrogen and oxygen atoms in total. The molecule has 1 aromatic rings. The number of hydrogen-bond acceptors (Lipinski definition) is 3. The average Bonchev–Trinajstić information content (AvgIpc) is 2.28. The molecule has 0 atom stereocenters. The predicted octanol–water partition coefficient (Wildman–Crippen LogP) is 2.79.